The third-order valence-electron chi connectivity index (χ3n) is 5.37. The first-order valence-electron chi connectivity index (χ1n) is 10.1. The molecule has 2 heterocycles. The van der Waals surface area contributed by atoms with Crippen molar-refractivity contribution >= 4 is 20.6 Å². The second-order valence-electron chi connectivity index (χ2n) is 7.86. The zero-order chi connectivity index (χ0) is 21.1. The lowest BCUT2D eigenvalue weighted by atomic mass is 9.98. The topological polar surface area (TPSA) is 79.7 Å². The molecule has 1 aromatic heterocycles. The van der Waals surface area contributed by atoms with E-state index in [1.165, 1.54) is 0 Å². The Kier molecular flexibility index (Phi) is 6.04. The number of aromatic nitrogens is 1. The van der Waals surface area contributed by atoms with E-state index in [2.05, 4.69) is 17.1 Å². The molecule has 1 aliphatic rings. The van der Waals surface area contributed by atoms with Crippen LogP contribution < -0.4 is 4.74 Å². The smallest absolute Gasteiger partial charge is 0.152 e. The van der Waals surface area contributed by atoms with Gasteiger partial charge < -0.3 is 9.84 Å². The molecule has 6 nitrogen and oxygen atoms in total. The van der Waals surface area contributed by atoms with Crippen molar-refractivity contribution in [2.75, 3.05) is 37.7 Å². The summed E-state index contributed by atoms with van der Waals surface area (Å²) in [6.45, 7) is 3.48. The third kappa shape index (κ3) is 4.98. The van der Waals surface area contributed by atoms with Gasteiger partial charge in [-0.15, -0.1) is 0 Å². The van der Waals surface area contributed by atoms with E-state index in [0.29, 0.717) is 25.4 Å². The number of β-amino-alcohol motifs (C(OH)–C–C–N with tert-alkyl or cyclic N) is 1. The molecule has 1 aliphatic heterocycles. The fourth-order valence-electron chi connectivity index (χ4n) is 3.78. The minimum atomic E-state index is -2.92. The van der Waals surface area contributed by atoms with Gasteiger partial charge in [-0.25, -0.2) is 8.42 Å². The molecule has 1 unspecified atom stereocenters. The summed E-state index contributed by atoms with van der Waals surface area (Å²) in [5.74, 6) is 0.989. The SMILES string of the molecule is Cc1cncc(-c2cc(OCC(O)CN3CCS(=O)(=O)CC3)cc3ccccc23)c1. The van der Waals surface area contributed by atoms with Crippen LogP contribution in [0, 0.1) is 6.92 Å². The predicted octanol–water partition coefficient (Wildman–Crippen LogP) is 2.68. The lowest BCUT2D eigenvalue weighted by Crippen LogP contribution is -2.44. The zero-order valence-electron chi connectivity index (χ0n) is 17.0. The standard InChI is InChI=1S/C23H26N2O4S/c1-17-10-19(14-24-13-17)23-12-21(11-18-4-2-3-5-22(18)23)29-16-20(26)15-25-6-8-30(27,28)9-7-25/h2-5,10-14,20,26H,6-9,15-16H2,1H3. The van der Waals surface area contributed by atoms with Gasteiger partial charge in [-0.05, 0) is 47.0 Å². The highest BCUT2D eigenvalue weighted by atomic mass is 32.2. The van der Waals surface area contributed by atoms with Crippen LogP contribution >= 0.6 is 0 Å². The number of nitrogens with zero attached hydrogens (tertiary/aromatic N) is 2. The summed E-state index contributed by atoms with van der Waals surface area (Å²) in [7, 11) is -2.92. The second-order valence-corrected chi connectivity index (χ2v) is 10.2. The summed E-state index contributed by atoms with van der Waals surface area (Å²) in [5, 5.41) is 12.6. The van der Waals surface area contributed by atoms with E-state index in [1.54, 1.807) is 0 Å². The van der Waals surface area contributed by atoms with Crippen LogP contribution in [0.1, 0.15) is 5.56 Å². The van der Waals surface area contributed by atoms with Crippen molar-refractivity contribution < 1.29 is 18.3 Å². The average Bonchev–Trinajstić information content (AvgIpc) is 2.73. The van der Waals surface area contributed by atoms with Crippen molar-refractivity contribution in [2.45, 2.75) is 13.0 Å². The average molecular weight is 427 g/mol. The molecule has 30 heavy (non-hydrogen) atoms. The molecule has 1 saturated heterocycles. The number of sulfone groups is 1. The van der Waals surface area contributed by atoms with E-state index >= 15 is 0 Å². The van der Waals surface area contributed by atoms with Gasteiger partial charge in [-0.3, -0.25) is 9.88 Å². The number of benzene rings is 2. The van der Waals surface area contributed by atoms with Crippen molar-refractivity contribution in [1.29, 1.82) is 0 Å². The van der Waals surface area contributed by atoms with Crippen LogP contribution in [0.25, 0.3) is 21.9 Å². The third-order valence-corrected chi connectivity index (χ3v) is 6.98. The first-order chi connectivity index (χ1) is 14.4. The summed E-state index contributed by atoms with van der Waals surface area (Å²) < 4.78 is 29.0. The van der Waals surface area contributed by atoms with Crippen LogP contribution in [0.4, 0.5) is 0 Å². The highest BCUT2D eigenvalue weighted by molar-refractivity contribution is 7.91. The molecule has 0 saturated carbocycles. The first-order valence-corrected chi connectivity index (χ1v) is 11.9. The number of aryl methyl sites for hydroxylation is 1. The highest BCUT2D eigenvalue weighted by Crippen LogP contribution is 2.33. The lowest BCUT2D eigenvalue weighted by molar-refractivity contribution is 0.0711. The van der Waals surface area contributed by atoms with E-state index < -0.39 is 15.9 Å². The number of hydrogen-bond acceptors (Lipinski definition) is 6. The maximum absolute atomic E-state index is 11.6. The Morgan fingerprint density at radius 3 is 2.67 bits per heavy atom. The molecular formula is C23H26N2O4S. The number of aliphatic hydroxyl groups excluding tert-OH is 1. The minimum Gasteiger partial charge on any atom is -0.491 e. The highest BCUT2D eigenvalue weighted by Gasteiger charge is 2.23. The maximum Gasteiger partial charge on any atom is 0.152 e. The van der Waals surface area contributed by atoms with Gasteiger partial charge in [-0.1, -0.05) is 24.3 Å². The van der Waals surface area contributed by atoms with Crippen LogP contribution in [0.5, 0.6) is 5.75 Å². The molecule has 158 valence electrons. The minimum absolute atomic E-state index is 0.146. The molecule has 0 radical (unpaired) electrons. The van der Waals surface area contributed by atoms with E-state index in [-0.39, 0.29) is 18.1 Å². The number of aliphatic hydroxyl groups is 1. The molecule has 2 aromatic carbocycles. The summed E-state index contributed by atoms with van der Waals surface area (Å²) in [6.07, 6.45) is 2.98. The fraction of sp³-hybridized carbons (Fsp3) is 0.348. The molecule has 4 rings (SSSR count). The largest absolute Gasteiger partial charge is 0.491 e. The van der Waals surface area contributed by atoms with Gasteiger partial charge in [0.2, 0.25) is 0 Å². The number of ether oxygens (including phenoxy) is 1. The maximum atomic E-state index is 11.6. The van der Waals surface area contributed by atoms with Crippen LogP contribution in [-0.4, -0.2) is 67.3 Å². The Hall–Kier alpha value is -2.48. The Morgan fingerprint density at radius 2 is 1.90 bits per heavy atom. The predicted molar refractivity (Wildman–Crippen MR) is 119 cm³/mol. The summed E-state index contributed by atoms with van der Waals surface area (Å²) in [4.78, 5) is 6.29. The molecule has 1 N–H and O–H groups in total. The van der Waals surface area contributed by atoms with Crippen molar-refractivity contribution in [3.8, 4) is 16.9 Å². The summed E-state index contributed by atoms with van der Waals surface area (Å²) >= 11 is 0. The van der Waals surface area contributed by atoms with Crippen LogP contribution in [0.15, 0.2) is 54.9 Å². The molecule has 0 amide bonds. The van der Waals surface area contributed by atoms with Crippen LogP contribution in [0.3, 0.4) is 0 Å². The Balaban J connectivity index is 1.49. The molecular weight excluding hydrogens is 400 g/mol. The lowest BCUT2D eigenvalue weighted by Gasteiger charge is -2.28. The van der Waals surface area contributed by atoms with Crippen molar-refractivity contribution in [2.24, 2.45) is 0 Å². The van der Waals surface area contributed by atoms with Crippen LogP contribution in [0.2, 0.25) is 0 Å². The van der Waals surface area contributed by atoms with Gasteiger partial charge in [0.1, 0.15) is 18.5 Å². The molecule has 1 atom stereocenters. The molecule has 0 spiro atoms. The van der Waals surface area contributed by atoms with Gasteiger partial charge in [-0.2, -0.15) is 0 Å². The zero-order valence-corrected chi connectivity index (χ0v) is 17.8. The normalized spacial score (nSPS) is 17.7. The molecule has 7 heteroatoms. The van der Waals surface area contributed by atoms with E-state index in [1.807, 2.05) is 54.5 Å². The van der Waals surface area contributed by atoms with Gasteiger partial charge in [0.05, 0.1) is 11.5 Å². The summed E-state index contributed by atoms with van der Waals surface area (Å²) in [6, 6.07) is 14.2. The van der Waals surface area contributed by atoms with Crippen molar-refractivity contribution in [1.82, 2.24) is 9.88 Å². The van der Waals surface area contributed by atoms with Gasteiger partial charge in [0, 0.05) is 37.6 Å². The Labute approximate surface area is 177 Å². The summed E-state index contributed by atoms with van der Waals surface area (Å²) in [5.41, 5.74) is 3.14. The van der Waals surface area contributed by atoms with E-state index in [0.717, 1.165) is 27.5 Å². The molecule has 0 bridgehead atoms. The van der Waals surface area contributed by atoms with Crippen molar-refractivity contribution in [3.05, 3.63) is 60.4 Å². The first kappa shape index (κ1) is 20.8. The number of rotatable bonds is 6. The van der Waals surface area contributed by atoms with Gasteiger partial charge >= 0.3 is 0 Å². The quantitative estimate of drug-likeness (QED) is 0.653. The van der Waals surface area contributed by atoms with Crippen molar-refractivity contribution in [3.63, 3.8) is 0 Å². The fourth-order valence-corrected chi connectivity index (χ4v) is 5.06. The van der Waals surface area contributed by atoms with Gasteiger partial charge in [0.15, 0.2) is 9.84 Å². The molecule has 3 aromatic rings. The Morgan fingerprint density at radius 1 is 1.13 bits per heavy atom. The van der Waals surface area contributed by atoms with E-state index in [4.69, 9.17) is 4.74 Å². The van der Waals surface area contributed by atoms with Gasteiger partial charge in [0.25, 0.3) is 0 Å². The number of pyridine rings is 1. The second kappa shape index (κ2) is 8.71. The number of fused-ring (bicyclic) bond motifs is 1. The van der Waals surface area contributed by atoms with Crippen LogP contribution in [-0.2, 0) is 9.84 Å². The number of hydrogen-bond donors (Lipinski definition) is 1. The molecule has 1 fully saturated rings. The van der Waals surface area contributed by atoms with E-state index in [9.17, 15) is 13.5 Å². The Bertz CT molecular complexity index is 1130. The molecule has 0 aliphatic carbocycles. The monoisotopic (exact) mass is 426 g/mol.